The van der Waals surface area contributed by atoms with Crippen LogP contribution in [0.4, 0.5) is 10.1 Å². The largest absolute Gasteiger partial charge is 0.299 e. The third-order valence-electron chi connectivity index (χ3n) is 5.86. The summed E-state index contributed by atoms with van der Waals surface area (Å²) in [7, 11) is -3.83. The van der Waals surface area contributed by atoms with Gasteiger partial charge in [-0.05, 0) is 72.0 Å². The highest BCUT2D eigenvalue weighted by molar-refractivity contribution is 7.92. The topological polar surface area (TPSA) is 54.5 Å². The molecule has 1 unspecified atom stereocenters. The van der Waals surface area contributed by atoms with Gasteiger partial charge in [-0.25, -0.2) is 12.8 Å². The minimum atomic E-state index is -3.83. The van der Waals surface area contributed by atoms with Crippen LogP contribution < -0.4 is 4.31 Å². The van der Waals surface area contributed by atoms with Crippen molar-refractivity contribution in [3.05, 3.63) is 94.3 Å². The zero-order valence-corrected chi connectivity index (χ0v) is 19.2. The van der Waals surface area contributed by atoms with Crippen molar-refractivity contribution in [2.45, 2.75) is 37.0 Å². The molecule has 32 heavy (non-hydrogen) atoms. The molecule has 0 aliphatic carbocycles. The first-order valence-electron chi connectivity index (χ1n) is 10.4. The van der Waals surface area contributed by atoms with Crippen LogP contribution in [-0.4, -0.2) is 20.7 Å². The molecular formula is C25H23ClFNO3S. The van der Waals surface area contributed by atoms with Gasteiger partial charge in [-0.1, -0.05) is 42.8 Å². The molecule has 0 radical (unpaired) electrons. The van der Waals surface area contributed by atoms with Crippen LogP contribution >= 0.6 is 11.6 Å². The zero-order valence-electron chi connectivity index (χ0n) is 17.6. The van der Waals surface area contributed by atoms with Crippen molar-refractivity contribution in [2.75, 3.05) is 10.8 Å². The van der Waals surface area contributed by atoms with E-state index in [9.17, 15) is 17.6 Å². The van der Waals surface area contributed by atoms with E-state index < -0.39 is 15.8 Å². The van der Waals surface area contributed by atoms with Gasteiger partial charge in [-0.15, -0.1) is 0 Å². The van der Waals surface area contributed by atoms with Gasteiger partial charge < -0.3 is 0 Å². The summed E-state index contributed by atoms with van der Waals surface area (Å²) in [6.07, 6.45) is 1.65. The van der Waals surface area contributed by atoms with Crippen LogP contribution in [0.15, 0.2) is 71.6 Å². The number of ketones is 1. The summed E-state index contributed by atoms with van der Waals surface area (Å²) in [4.78, 5) is 12.9. The number of sulfonamides is 1. The summed E-state index contributed by atoms with van der Waals surface area (Å²) in [5.74, 6) is -0.753. The van der Waals surface area contributed by atoms with Gasteiger partial charge in [0.15, 0.2) is 0 Å². The lowest BCUT2D eigenvalue weighted by Gasteiger charge is -2.31. The fourth-order valence-electron chi connectivity index (χ4n) is 3.97. The molecule has 3 aromatic rings. The summed E-state index contributed by atoms with van der Waals surface area (Å²) < 4.78 is 41.1. The number of aryl methyl sites for hydroxylation is 1. The molecule has 1 atom stereocenters. The minimum absolute atomic E-state index is 0.0380. The van der Waals surface area contributed by atoms with Gasteiger partial charge in [0.05, 0.1) is 10.6 Å². The summed E-state index contributed by atoms with van der Waals surface area (Å²) >= 11 is 5.94. The van der Waals surface area contributed by atoms with Gasteiger partial charge in [0, 0.05) is 23.9 Å². The Balaban J connectivity index is 1.61. The van der Waals surface area contributed by atoms with Crippen LogP contribution in [0.25, 0.3) is 0 Å². The number of hydrogen-bond acceptors (Lipinski definition) is 3. The van der Waals surface area contributed by atoms with Crippen LogP contribution in [0.1, 0.15) is 36.0 Å². The molecule has 3 aromatic carbocycles. The normalized spacial score (nSPS) is 14.7. The van der Waals surface area contributed by atoms with Crippen molar-refractivity contribution in [3.8, 4) is 0 Å². The average molecular weight is 472 g/mol. The second kappa shape index (κ2) is 9.04. The van der Waals surface area contributed by atoms with Crippen molar-refractivity contribution in [1.29, 1.82) is 0 Å². The quantitative estimate of drug-likeness (QED) is 0.474. The molecule has 1 aliphatic heterocycles. The first-order chi connectivity index (χ1) is 15.3. The summed E-state index contributed by atoms with van der Waals surface area (Å²) in [5, 5.41) is 0.616. The first kappa shape index (κ1) is 22.5. The van der Waals surface area contributed by atoms with Crippen molar-refractivity contribution in [2.24, 2.45) is 0 Å². The fourth-order valence-corrected chi connectivity index (χ4v) is 5.63. The first-order valence-corrected chi connectivity index (χ1v) is 12.3. The van der Waals surface area contributed by atoms with Crippen molar-refractivity contribution < 1.29 is 17.6 Å². The smallest absolute Gasteiger partial charge is 0.264 e. The molecule has 0 saturated carbocycles. The molecular weight excluding hydrogens is 449 g/mol. The fraction of sp³-hybridized carbons (Fsp3) is 0.240. The van der Waals surface area contributed by atoms with Crippen LogP contribution in [-0.2, 0) is 27.7 Å². The van der Waals surface area contributed by atoms with E-state index in [2.05, 4.69) is 0 Å². The minimum Gasteiger partial charge on any atom is -0.299 e. The Morgan fingerprint density at radius 1 is 1.06 bits per heavy atom. The van der Waals surface area contributed by atoms with Crippen molar-refractivity contribution in [3.63, 3.8) is 0 Å². The standard InChI is InChI=1S/C25H23ClFNO3S/c1-17(19-6-8-21(26)9-7-19)25(29)16-18-4-5-20-3-2-14-28(24(20)15-18)32(30,31)23-12-10-22(27)11-13-23/h4-13,15,17H,2-3,14,16H2,1H3. The molecule has 166 valence electrons. The van der Waals surface area contributed by atoms with Gasteiger partial charge >= 0.3 is 0 Å². The van der Waals surface area contributed by atoms with E-state index in [4.69, 9.17) is 11.6 Å². The number of carbonyl (C=O) groups is 1. The van der Waals surface area contributed by atoms with E-state index in [0.29, 0.717) is 23.7 Å². The summed E-state index contributed by atoms with van der Waals surface area (Å²) in [6, 6.07) is 17.6. The Morgan fingerprint density at radius 2 is 1.75 bits per heavy atom. The number of Topliss-reactive ketones (excluding diaryl/α,β-unsaturated/α-hetero) is 1. The molecule has 1 heterocycles. The molecule has 7 heteroatoms. The van der Waals surface area contributed by atoms with E-state index >= 15 is 0 Å². The second-order valence-corrected chi connectivity index (χ2v) is 10.3. The predicted molar refractivity (Wildman–Crippen MR) is 124 cm³/mol. The SMILES string of the molecule is CC(C(=O)Cc1ccc2c(c1)N(S(=O)(=O)c1ccc(F)cc1)CCC2)c1ccc(Cl)cc1. The maximum absolute atomic E-state index is 13.3. The van der Waals surface area contributed by atoms with E-state index in [1.165, 1.54) is 16.4 Å². The van der Waals surface area contributed by atoms with Crippen LogP contribution in [0.5, 0.6) is 0 Å². The number of carbonyl (C=O) groups excluding carboxylic acids is 1. The van der Waals surface area contributed by atoms with Gasteiger partial charge in [0.2, 0.25) is 0 Å². The number of hydrogen-bond donors (Lipinski definition) is 0. The lowest BCUT2D eigenvalue weighted by Crippen LogP contribution is -2.35. The maximum atomic E-state index is 13.3. The number of nitrogens with zero attached hydrogens (tertiary/aromatic N) is 1. The second-order valence-electron chi connectivity index (χ2n) is 8.01. The molecule has 0 spiro atoms. The Morgan fingerprint density at radius 3 is 2.44 bits per heavy atom. The molecule has 0 saturated heterocycles. The Labute approximate surface area is 192 Å². The van der Waals surface area contributed by atoms with E-state index in [1.54, 1.807) is 18.2 Å². The number of benzene rings is 3. The third kappa shape index (κ3) is 4.57. The highest BCUT2D eigenvalue weighted by Crippen LogP contribution is 2.33. The van der Waals surface area contributed by atoms with Crippen molar-refractivity contribution >= 4 is 33.1 Å². The predicted octanol–water partition coefficient (Wildman–Crippen LogP) is 5.54. The Kier molecular flexibility index (Phi) is 6.35. The lowest BCUT2D eigenvalue weighted by atomic mass is 9.91. The number of anilines is 1. The molecule has 0 amide bonds. The van der Waals surface area contributed by atoms with Gasteiger partial charge in [-0.3, -0.25) is 9.10 Å². The number of halogens is 2. The number of fused-ring (bicyclic) bond motifs is 1. The average Bonchev–Trinajstić information content (AvgIpc) is 2.79. The molecule has 0 bridgehead atoms. The van der Waals surface area contributed by atoms with E-state index in [0.717, 1.165) is 35.2 Å². The Hall–Kier alpha value is -2.70. The van der Waals surface area contributed by atoms with Gasteiger partial charge in [0.25, 0.3) is 10.0 Å². The van der Waals surface area contributed by atoms with Crippen LogP contribution in [0.2, 0.25) is 5.02 Å². The molecule has 0 aromatic heterocycles. The van der Waals surface area contributed by atoms with Gasteiger partial charge in [0.1, 0.15) is 11.6 Å². The molecule has 0 fully saturated rings. The highest BCUT2D eigenvalue weighted by atomic mass is 35.5. The number of rotatable bonds is 6. The molecule has 4 nitrogen and oxygen atoms in total. The summed E-state index contributed by atoms with van der Waals surface area (Å²) in [6.45, 7) is 2.20. The molecule has 0 N–H and O–H groups in total. The summed E-state index contributed by atoms with van der Waals surface area (Å²) in [5.41, 5.74) is 3.16. The maximum Gasteiger partial charge on any atom is 0.264 e. The van der Waals surface area contributed by atoms with E-state index in [1.807, 2.05) is 31.2 Å². The van der Waals surface area contributed by atoms with E-state index in [-0.39, 0.29) is 23.0 Å². The lowest BCUT2D eigenvalue weighted by molar-refractivity contribution is -0.119. The van der Waals surface area contributed by atoms with Crippen LogP contribution in [0.3, 0.4) is 0 Å². The van der Waals surface area contributed by atoms with Gasteiger partial charge in [-0.2, -0.15) is 0 Å². The molecule has 1 aliphatic rings. The third-order valence-corrected chi connectivity index (χ3v) is 7.94. The highest BCUT2D eigenvalue weighted by Gasteiger charge is 2.29. The monoisotopic (exact) mass is 471 g/mol. The zero-order chi connectivity index (χ0) is 22.9. The van der Waals surface area contributed by atoms with Crippen LogP contribution in [0, 0.1) is 5.82 Å². The molecule has 4 rings (SSSR count). The Bertz CT molecular complexity index is 1240. The van der Waals surface area contributed by atoms with Crippen molar-refractivity contribution in [1.82, 2.24) is 0 Å².